The summed E-state index contributed by atoms with van der Waals surface area (Å²) in [6.45, 7) is 6.73. The summed E-state index contributed by atoms with van der Waals surface area (Å²) in [6.07, 6.45) is 3.53. The van der Waals surface area contributed by atoms with E-state index in [1.807, 2.05) is 0 Å². The molecule has 13 heavy (non-hydrogen) atoms. The summed E-state index contributed by atoms with van der Waals surface area (Å²) in [5.41, 5.74) is 0.334. The lowest BCUT2D eigenvalue weighted by molar-refractivity contribution is 0.160. The third kappa shape index (κ3) is 2.67. The Kier molecular flexibility index (Phi) is 3.01. The first-order valence-corrected chi connectivity index (χ1v) is 5.29. The SMILES string of the molecule is CC(C)(C)C1CCC(Cl)(N=O)CC1. The summed E-state index contributed by atoms with van der Waals surface area (Å²) in [5, 5.41) is 3.01. The van der Waals surface area contributed by atoms with Crippen LogP contribution in [0.2, 0.25) is 0 Å². The minimum Gasteiger partial charge on any atom is -0.149 e. The maximum atomic E-state index is 10.5. The van der Waals surface area contributed by atoms with Crippen molar-refractivity contribution < 1.29 is 0 Å². The lowest BCUT2D eigenvalue weighted by atomic mass is 9.71. The number of nitrogens with zero attached hydrogens (tertiary/aromatic N) is 1. The number of rotatable bonds is 1. The van der Waals surface area contributed by atoms with Crippen molar-refractivity contribution in [2.45, 2.75) is 51.5 Å². The molecule has 76 valence electrons. The van der Waals surface area contributed by atoms with Gasteiger partial charge in [-0.2, -0.15) is 0 Å². The van der Waals surface area contributed by atoms with Gasteiger partial charge in [-0.05, 0) is 42.2 Å². The van der Waals surface area contributed by atoms with Crippen molar-refractivity contribution in [3.8, 4) is 0 Å². The van der Waals surface area contributed by atoms with Crippen LogP contribution in [0.25, 0.3) is 0 Å². The normalized spacial score (nSPS) is 35.8. The van der Waals surface area contributed by atoms with E-state index in [2.05, 4.69) is 25.9 Å². The summed E-state index contributed by atoms with van der Waals surface area (Å²) in [5.74, 6) is 0.682. The third-order valence-corrected chi connectivity index (χ3v) is 3.59. The molecular formula is C10H18ClNO. The Bertz CT molecular complexity index is 190. The predicted octanol–water partition coefficient (Wildman–Crippen LogP) is 3.92. The highest BCUT2D eigenvalue weighted by Crippen LogP contribution is 2.44. The van der Waals surface area contributed by atoms with Crippen molar-refractivity contribution >= 4 is 11.6 Å². The molecular weight excluding hydrogens is 186 g/mol. The van der Waals surface area contributed by atoms with Gasteiger partial charge in [0.2, 0.25) is 0 Å². The molecule has 0 N–H and O–H groups in total. The minimum atomic E-state index is -0.790. The van der Waals surface area contributed by atoms with E-state index in [9.17, 15) is 4.91 Å². The fourth-order valence-electron chi connectivity index (χ4n) is 2.02. The van der Waals surface area contributed by atoms with E-state index in [1.54, 1.807) is 0 Å². The van der Waals surface area contributed by atoms with Gasteiger partial charge in [0.05, 0.1) is 0 Å². The molecule has 0 amide bonds. The first-order valence-electron chi connectivity index (χ1n) is 4.91. The van der Waals surface area contributed by atoms with Crippen molar-refractivity contribution in [1.82, 2.24) is 0 Å². The standard InChI is InChI=1S/C10H18ClNO/c1-9(2,3)8-4-6-10(11,12-13)7-5-8/h8H,4-7H2,1-3H3. The molecule has 0 aliphatic heterocycles. The molecule has 2 nitrogen and oxygen atoms in total. The second-order valence-electron chi connectivity index (χ2n) is 5.15. The molecule has 0 saturated heterocycles. The van der Waals surface area contributed by atoms with Crippen LogP contribution in [0.3, 0.4) is 0 Å². The average molecular weight is 204 g/mol. The van der Waals surface area contributed by atoms with Crippen LogP contribution in [0, 0.1) is 16.2 Å². The number of hydrogen-bond donors (Lipinski definition) is 0. The molecule has 1 aliphatic carbocycles. The quantitative estimate of drug-likeness (QED) is 0.361. The third-order valence-electron chi connectivity index (χ3n) is 3.14. The van der Waals surface area contributed by atoms with Gasteiger partial charge in [-0.1, -0.05) is 32.4 Å². The average Bonchev–Trinajstić information content (AvgIpc) is 2.04. The number of hydrogen-bond acceptors (Lipinski definition) is 2. The van der Waals surface area contributed by atoms with E-state index < -0.39 is 5.00 Å². The van der Waals surface area contributed by atoms with Gasteiger partial charge in [-0.25, -0.2) is 0 Å². The molecule has 0 spiro atoms. The van der Waals surface area contributed by atoms with Gasteiger partial charge in [-0.3, -0.25) is 0 Å². The molecule has 0 bridgehead atoms. The maximum absolute atomic E-state index is 10.5. The topological polar surface area (TPSA) is 29.4 Å². The van der Waals surface area contributed by atoms with Crippen LogP contribution in [-0.4, -0.2) is 5.00 Å². The van der Waals surface area contributed by atoms with Gasteiger partial charge in [0.1, 0.15) is 0 Å². The second kappa shape index (κ2) is 3.56. The molecule has 1 rings (SSSR count). The zero-order valence-electron chi connectivity index (χ0n) is 8.64. The fourth-order valence-corrected chi connectivity index (χ4v) is 2.24. The molecule has 1 aliphatic rings. The zero-order valence-corrected chi connectivity index (χ0v) is 9.40. The Balaban J connectivity index is 2.53. The summed E-state index contributed by atoms with van der Waals surface area (Å²) in [7, 11) is 0. The van der Waals surface area contributed by atoms with Gasteiger partial charge in [0.15, 0.2) is 5.00 Å². The van der Waals surface area contributed by atoms with Gasteiger partial charge < -0.3 is 0 Å². The van der Waals surface area contributed by atoms with Crippen molar-refractivity contribution in [2.75, 3.05) is 0 Å². The summed E-state index contributed by atoms with van der Waals surface area (Å²) >= 11 is 6.00. The molecule has 3 heteroatoms. The van der Waals surface area contributed by atoms with Crippen LogP contribution in [0.1, 0.15) is 46.5 Å². The molecule has 0 radical (unpaired) electrons. The Morgan fingerprint density at radius 2 is 1.77 bits per heavy atom. The number of alkyl halides is 1. The molecule has 0 atom stereocenters. The minimum absolute atomic E-state index is 0.334. The monoisotopic (exact) mass is 203 g/mol. The summed E-state index contributed by atoms with van der Waals surface area (Å²) in [6, 6.07) is 0. The van der Waals surface area contributed by atoms with Gasteiger partial charge in [0.25, 0.3) is 0 Å². The lowest BCUT2D eigenvalue weighted by Crippen LogP contribution is -2.31. The van der Waals surface area contributed by atoms with Crippen LogP contribution in [0.5, 0.6) is 0 Å². The molecule has 0 aromatic carbocycles. The highest BCUT2D eigenvalue weighted by Gasteiger charge is 2.38. The Morgan fingerprint density at radius 1 is 1.31 bits per heavy atom. The van der Waals surface area contributed by atoms with Crippen molar-refractivity contribution in [1.29, 1.82) is 0 Å². The van der Waals surface area contributed by atoms with Crippen LogP contribution in [0.15, 0.2) is 5.18 Å². The van der Waals surface area contributed by atoms with Gasteiger partial charge in [0, 0.05) is 0 Å². The molecule has 0 aromatic heterocycles. The highest BCUT2D eigenvalue weighted by atomic mass is 35.5. The summed E-state index contributed by atoms with van der Waals surface area (Å²) < 4.78 is 0. The fraction of sp³-hybridized carbons (Fsp3) is 1.00. The molecule has 0 heterocycles. The molecule has 0 aromatic rings. The van der Waals surface area contributed by atoms with Crippen LogP contribution < -0.4 is 0 Å². The Morgan fingerprint density at radius 3 is 2.08 bits per heavy atom. The second-order valence-corrected chi connectivity index (χ2v) is 5.85. The Hall–Kier alpha value is -0.110. The van der Waals surface area contributed by atoms with Crippen LogP contribution in [-0.2, 0) is 0 Å². The largest absolute Gasteiger partial charge is 0.175 e. The van der Waals surface area contributed by atoms with Gasteiger partial charge >= 0.3 is 0 Å². The van der Waals surface area contributed by atoms with Crippen molar-refractivity contribution in [3.63, 3.8) is 0 Å². The van der Waals surface area contributed by atoms with Gasteiger partial charge in [-0.15, -0.1) is 4.91 Å². The van der Waals surface area contributed by atoms with Crippen molar-refractivity contribution in [2.24, 2.45) is 16.5 Å². The zero-order chi connectivity index (χ0) is 10.1. The van der Waals surface area contributed by atoms with E-state index in [0.29, 0.717) is 11.3 Å². The lowest BCUT2D eigenvalue weighted by Gasteiger charge is -2.37. The Labute approximate surface area is 85.0 Å². The smallest absolute Gasteiger partial charge is 0.149 e. The van der Waals surface area contributed by atoms with Crippen LogP contribution in [0.4, 0.5) is 0 Å². The van der Waals surface area contributed by atoms with E-state index in [0.717, 1.165) is 25.7 Å². The molecule has 0 unspecified atom stereocenters. The molecule has 1 saturated carbocycles. The van der Waals surface area contributed by atoms with E-state index in [1.165, 1.54) is 0 Å². The predicted molar refractivity (Wildman–Crippen MR) is 55.8 cm³/mol. The first-order chi connectivity index (χ1) is 5.87. The van der Waals surface area contributed by atoms with Crippen LogP contribution >= 0.6 is 11.6 Å². The maximum Gasteiger partial charge on any atom is 0.175 e. The number of halogens is 1. The van der Waals surface area contributed by atoms with E-state index in [4.69, 9.17) is 11.6 Å². The highest BCUT2D eigenvalue weighted by molar-refractivity contribution is 6.23. The summed E-state index contributed by atoms with van der Waals surface area (Å²) in [4.78, 5) is 9.67. The molecule has 1 fully saturated rings. The van der Waals surface area contributed by atoms with Crippen molar-refractivity contribution in [3.05, 3.63) is 4.91 Å². The number of nitroso groups, excluding NO2 is 1. The first kappa shape index (κ1) is 11.0. The van der Waals surface area contributed by atoms with E-state index in [-0.39, 0.29) is 0 Å². The van der Waals surface area contributed by atoms with E-state index >= 15 is 0 Å².